The maximum Gasteiger partial charge on any atom is 0.301 e. The van der Waals surface area contributed by atoms with Crippen LogP contribution in [0.5, 0.6) is 0 Å². The van der Waals surface area contributed by atoms with Gasteiger partial charge in [-0.2, -0.15) is 0 Å². The van der Waals surface area contributed by atoms with E-state index in [4.69, 9.17) is 0 Å². The van der Waals surface area contributed by atoms with Crippen molar-refractivity contribution in [1.82, 2.24) is 9.88 Å². The van der Waals surface area contributed by atoms with Crippen molar-refractivity contribution in [3.63, 3.8) is 0 Å². The van der Waals surface area contributed by atoms with Gasteiger partial charge in [0.15, 0.2) is 0 Å². The quantitative estimate of drug-likeness (QED) is 0.670. The first kappa shape index (κ1) is 14.2. The second-order valence-electron chi connectivity index (χ2n) is 5.10. The van der Waals surface area contributed by atoms with Crippen LogP contribution in [0, 0.1) is 10.1 Å². The monoisotopic (exact) mass is 274 g/mol. The summed E-state index contributed by atoms with van der Waals surface area (Å²) in [6.45, 7) is 2.79. The molecule has 0 spiro atoms. The summed E-state index contributed by atoms with van der Waals surface area (Å²) in [4.78, 5) is 17.2. The van der Waals surface area contributed by atoms with Gasteiger partial charge in [0.05, 0.1) is 15.8 Å². The Balaban J connectivity index is 2.42. The normalized spacial score (nSPS) is 12.6. The van der Waals surface area contributed by atoms with Gasteiger partial charge < -0.3 is 10.2 Å². The number of nitro groups is 1. The van der Waals surface area contributed by atoms with Gasteiger partial charge in [-0.05, 0) is 45.3 Å². The molecule has 1 heterocycles. The number of hydrogen-bond donors (Lipinski definition) is 1. The minimum atomic E-state index is -0.352. The Labute approximate surface area is 117 Å². The van der Waals surface area contributed by atoms with Crippen LogP contribution in [0.25, 0.3) is 10.9 Å². The number of benzene rings is 1. The average Bonchev–Trinajstić information content (AvgIpc) is 2.36. The minimum Gasteiger partial charge on any atom is -0.376 e. The standard InChI is InChI=1S/C14H18N4O2/c1-10(9-17(2)3)16-13-7-6-12-11(5-4-8-15-12)14(13)18(19)20/h4-8,10,16H,9H2,1-3H3. The van der Waals surface area contributed by atoms with Gasteiger partial charge in [0.2, 0.25) is 0 Å². The van der Waals surface area contributed by atoms with Crippen molar-refractivity contribution < 1.29 is 4.92 Å². The molecule has 6 heteroatoms. The van der Waals surface area contributed by atoms with E-state index >= 15 is 0 Å². The summed E-state index contributed by atoms with van der Waals surface area (Å²) in [6.07, 6.45) is 1.63. The third kappa shape index (κ3) is 3.03. The number of aromatic nitrogens is 1. The predicted molar refractivity (Wildman–Crippen MR) is 80.0 cm³/mol. The topological polar surface area (TPSA) is 71.3 Å². The number of nitrogens with zero attached hydrogens (tertiary/aromatic N) is 3. The molecule has 0 aliphatic carbocycles. The summed E-state index contributed by atoms with van der Waals surface area (Å²) >= 11 is 0. The van der Waals surface area contributed by atoms with E-state index in [9.17, 15) is 10.1 Å². The third-order valence-electron chi connectivity index (χ3n) is 2.98. The Morgan fingerprint density at radius 2 is 2.15 bits per heavy atom. The highest BCUT2D eigenvalue weighted by molar-refractivity contribution is 5.94. The van der Waals surface area contributed by atoms with Crippen LogP contribution in [0.15, 0.2) is 30.5 Å². The molecule has 0 bridgehead atoms. The lowest BCUT2D eigenvalue weighted by Crippen LogP contribution is -2.29. The summed E-state index contributed by atoms with van der Waals surface area (Å²) < 4.78 is 0. The fraction of sp³-hybridized carbons (Fsp3) is 0.357. The number of nitrogens with one attached hydrogen (secondary N) is 1. The highest BCUT2D eigenvalue weighted by Crippen LogP contribution is 2.32. The molecule has 0 aliphatic rings. The molecule has 1 N–H and O–H groups in total. The zero-order valence-corrected chi connectivity index (χ0v) is 11.8. The number of anilines is 1. The first-order valence-corrected chi connectivity index (χ1v) is 6.42. The lowest BCUT2D eigenvalue weighted by Gasteiger charge is -2.19. The van der Waals surface area contributed by atoms with Gasteiger partial charge in [-0.1, -0.05) is 0 Å². The van der Waals surface area contributed by atoms with Crippen LogP contribution in [-0.4, -0.2) is 41.5 Å². The maximum absolute atomic E-state index is 11.4. The SMILES string of the molecule is CC(CN(C)C)Nc1ccc2ncccc2c1[N+](=O)[O-]. The van der Waals surface area contributed by atoms with Gasteiger partial charge in [-0.3, -0.25) is 15.1 Å². The van der Waals surface area contributed by atoms with Crippen LogP contribution in [0.3, 0.4) is 0 Å². The summed E-state index contributed by atoms with van der Waals surface area (Å²) in [6, 6.07) is 7.06. The Morgan fingerprint density at radius 3 is 2.80 bits per heavy atom. The molecule has 0 aliphatic heterocycles. The molecule has 0 radical (unpaired) electrons. The van der Waals surface area contributed by atoms with Crippen molar-refractivity contribution in [2.75, 3.05) is 26.0 Å². The van der Waals surface area contributed by atoms with E-state index in [-0.39, 0.29) is 16.7 Å². The van der Waals surface area contributed by atoms with Crippen molar-refractivity contribution in [3.8, 4) is 0 Å². The molecular weight excluding hydrogens is 256 g/mol. The van der Waals surface area contributed by atoms with Crippen molar-refractivity contribution >= 4 is 22.3 Å². The molecule has 2 aromatic rings. The van der Waals surface area contributed by atoms with Gasteiger partial charge in [-0.25, -0.2) is 0 Å². The second-order valence-corrected chi connectivity index (χ2v) is 5.10. The largest absolute Gasteiger partial charge is 0.376 e. The molecule has 20 heavy (non-hydrogen) atoms. The lowest BCUT2D eigenvalue weighted by molar-refractivity contribution is -0.382. The summed E-state index contributed by atoms with van der Waals surface area (Å²) in [7, 11) is 3.94. The molecule has 0 amide bonds. The average molecular weight is 274 g/mol. The van der Waals surface area contributed by atoms with E-state index in [2.05, 4.69) is 10.3 Å². The van der Waals surface area contributed by atoms with Crippen LogP contribution in [0.1, 0.15) is 6.92 Å². The smallest absolute Gasteiger partial charge is 0.301 e. The zero-order chi connectivity index (χ0) is 14.7. The fourth-order valence-electron chi connectivity index (χ4n) is 2.31. The number of fused-ring (bicyclic) bond motifs is 1. The second kappa shape index (κ2) is 5.83. The van der Waals surface area contributed by atoms with E-state index < -0.39 is 0 Å². The van der Waals surface area contributed by atoms with E-state index in [0.29, 0.717) is 16.6 Å². The highest BCUT2D eigenvalue weighted by Gasteiger charge is 2.20. The van der Waals surface area contributed by atoms with Gasteiger partial charge in [0.1, 0.15) is 5.69 Å². The first-order valence-electron chi connectivity index (χ1n) is 6.42. The molecule has 1 aromatic heterocycles. The Kier molecular flexibility index (Phi) is 4.14. The van der Waals surface area contributed by atoms with Gasteiger partial charge in [0, 0.05) is 18.8 Å². The zero-order valence-electron chi connectivity index (χ0n) is 11.8. The molecule has 0 saturated heterocycles. The molecule has 2 rings (SSSR count). The van der Waals surface area contributed by atoms with Crippen LogP contribution in [0.2, 0.25) is 0 Å². The molecule has 1 unspecified atom stereocenters. The van der Waals surface area contributed by atoms with Crippen LogP contribution in [-0.2, 0) is 0 Å². The third-order valence-corrected chi connectivity index (χ3v) is 2.98. The van der Waals surface area contributed by atoms with E-state index in [1.54, 1.807) is 30.5 Å². The molecule has 6 nitrogen and oxygen atoms in total. The Hall–Kier alpha value is -2.21. The summed E-state index contributed by atoms with van der Waals surface area (Å²) in [5.74, 6) is 0. The Morgan fingerprint density at radius 1 is 1.40 bits per heavy atom. The highest BCUT2D eigenvalue weighted by atomic mass is 16.6. The Bertz CT molecular complexity index is 628. The molecule has 1 aromatic carbocycles. The van der Waals surface area contributed by atoms with Gasteiger partial charge in [-0.15, -0.1) is 0 Å². The van der Waals surface area contributed by atoms with Crippen LogP contribution in [0.4, 0.5) is 11.4 Å². The van der Waals surface area contributed by atoms with Crippen LogP contribution < -0.4 is 5.32 Å². The van der Waals surface area contributed by atoms with Gasteiger partial charge in [0.25, 0.3) is 0 Å². The lowest BCUT2D eigenvalue weighted by atomic mass is 10.1. The van der Waals surface area contributed by atoms with Crippen LogP contribution >= 0.6 is 0 Å². The molecule has 0 fully saturated rings. The van der Waals surface area contributed by atoms with Gasteiger partial charge >= 0.3 is 5.69 Å². The number of pyridine rings is 1. The van der Waals surface area contributed by atoms with Crippen molar-refractivity contribution in [2.45, 2.75) is 13.0 Å². The molecular formula is C14H18N4O2. The molecule has 1 atom stereocenters. The summed E-state index contributed by atoms with van der Waals surface area (Å²) in [5.41, 5.74) is 1.25. The minimum absolute atomic E-state index is 0.0845. The predicted octanol–water partition coefficient (Wildman–Crippen LogP) is 2.51. The van der Waals surface area contributed by atoms with E-state index in [1.165, 1.54) is 0 Å². The first-order chi connectivity index (χ1) is 9.49. The van der Waals surface area contributed by atoms with Crippen molar-refractivity contribution in [3.05, 3.63) is 40.6 Å². The van der Waals surface area contributed by atoms with Crippen molar-refractivity contribution in [2.24, 2.45) is 0 Å². The van der Waals surface area contributed by atoms with Crippen molar-refractivity contribution in [1.29, 1.82) is 0 Å². The fourth-order valence-corrected chi connectivity index (χ4v) is 2.31. The van der Waals surface area contributed by atoms with E-state index in [0.717, 1.165) is 6.54 Å². The maximum atomic E-state index is 11.4. The number of rotatable bonds is 5. The molecule has 0 saturated carbocycles. The number of hydrogen-bond acceptors (Lipinski definition) is 5. The number of nitro benzene ring substituents is 1. The number of likely N-dealkylation sites (N-methyl/N-ethyl adjacent to an activating group) is 1. The summed E-state index contributed by atoms with van der Waals surface area (Å²) in [5, 5.41) is 15.1. The van der Waals surface area contributed by atoms with E-state index in [1.807, 2.05) is 25.9 Å². The molecule has 106 valence electrons.